The van der Waals surface area contributed by atoms with Gasteiger partial charge in [-0.2, -0.15) is 0 Å². The third-order valence-corrected chi connectivity index (χ3v) is 7.87. The molecule has 0 atom stereocenters. The fraction of sp³-hybridized carbons (Fsp3) is 0.455. The lowest BCUT2D eigenvalue weighted by molar-refractivity contribution is 0.221. The van der Waals surface area contributed by atoms with Gasteiger partial charge in [0, 0.05) is 17.8 Å². The number of aromatic nitrogens is 3. The van der Waals surface area contributed by atoms with Crippen LogP contribution in [0.5, 0.6) is 0 Å². The average Bonchev–Trinajstić information content (AvgIpc) is 3.06. The van der Waals surface area contributed by atoms with Gasteiger partial charge in [-0.1, -0.05) is 17.7 Å². The van der Waals surface area contributed by atoms with Crippen molar-refractivity contribution in [1.29, 1.82) is 0 Å². The van der Waals surface area contributed by atoms with Gasteiger partial charge in [0.15, 0.2) is 5.65 Å². The van der Waals surface area contributed by atoms with Crippen molar-refractivity contribution >= 4 is 26.9 Å². The smallest absolute Gasteiger partial charge is 0.269 e. The predicted molar refractivity (Wildman–Crippen MR) is 119 cm³/mol. The first-order valence-corrected chi connectivity index (χ1v) is 11.8. The zero-order chi connectivity index (χ0) is 21.5. The second-order valence-corrected chi connectivity index (χ2v) is 10.2. The van der Waals surface area contributed by atoms with Gasteiger partial charge in [-0.15, -0.1) is 0 Å². The SMILES string of the molecule is Cc1ccc(S(=O)(=O)n2c(C)cc3c(NC4CCC(N(C)C)CC4)ncnc32)cc1. The summed E-state index contributed by atoms with van der Waals surface area (Å²) in [5, 5.41) is 4.28. The minimum absolute atomic E-state index is 0.254. The van der Waals surface area contributed by atoms with Crippen LogP contribution in [0.2, 0.25) is 0 Å². The van der Waals surface area contributed by atoms with E-state index >= 15 is 0 Å². The summed E-state index contributed by atoms with van der Waals surface area (Å²) in [5.74, 6) is 0.703. The van der Waals surface area contributed by atoms with Gasteiger partial charge in [-0.3, -0.25) is 0 Å². The second kappa shape index (κ2) is 8.00. The van der Waals surface area contributed by atoms with Gasteiger partial charge in [0.05, 0.1) is 10.3 Å². The summed E-state index contributed by atoms with van der Waals surface area (Å²) in [5.41, 5.74) is 2.04. The molecule has 0 unspecified atom stereocenters. The van der Waals surface area contributed by atoms with Crippen molar-refractivity contribution in [1.82, 2.24) is 18.8 Å². The second-order valence-electron chi connectivity index (χ2n) is 8.44. The van der Waals surface area contributed by atoms with E-state index in [1.807, 2.05) is 13.0 Å². The standard InChI is InChI=1S/C22H29N5O2S/c1-15-5-11-19(12-6-15)30(28,29)27-16(2)13-20-21(23-14-24-22(20)27)25-17-7-9-18(10-8-17)26(3)4/h5-6,11-14,17-18H,7-10H2,1-4H3,(H,23,24,25). The molecule has 0 spiro atoms. The molecule has 1 aliphatic rings. The topological polar surface area (TPSA) is 80.1 Å². The Morgan fingerprint density at radius 3 is 2.33 bits per heavy atom. The molecule has 0 radical (unpaired) electrons. The number of hydrogen-bond acceptors (Lipinski definition) is 6. The zero-order valence-electron chi connectivity index (χ0n) is 18.0. The number of nitrogens with one attached hydrogen (secondary N) is 1. The van der Waals surface area contributed by atoms with Gasteiger partial charge in [-0.25, -0.2) is 22.4 Å². The van der Waals surface area contributed by atoms with Gasteiger partial charge in [0.25, 0.3) is 10.0 Å². The maximum absolute atomic E-state index is 13.3. The Kier molecular flexibility index (Phi) is 5.55. The highest BCUT2D eigenvalue weighted by Crippen LogP contribution is 2.30. The molecular formula is C22H29N5O2S. The lowest BCUT2D eigenvalue weighted by atomic mass is 9.90. The Labute approximate surface area is 178 Å². The number of anilines is 1. The minimum Gasteiger partial charge on any atom is -0.367 e. The summed E-state index contributed by atoms with van der Waals surface area (Å²) in [6.07, 6.45) is 5.85. The molecule has 30 heavy (non-hydrogen) atoms. The minimum atomic E-state index is -3.74. The van der Waals surface area contributed by atoms with Crippen molar-refractivity contribution in [3.8, 4) is 0 Å². The van der Waals surface area contributed by atoms with E-state index in [4.69, 9.17) is 0 Å². The van der Waals surface area contributed by atoms with E-state index in [-0.39, 0.29) is 4.90 Å². The van der Waals surface area contributed by atoms with Crippen LogP contribution in [0.25, 0.3) is 11.0 Å². The van der Waals surface area contributed by atoms with E-state index in [2.05, 4.69) is 34.3 Å². The van der Waals surface area contributed by atoms with E-state index in [0.717, 1.165) is 36.6 Å². The molecule has 7 nitrogen and oxygen atoms in total. The van der Waals surface area contributed by atoms with Crippen LogP contribution in [0, 0.1) is 13.8 Å². The fourth-order valence-corrected chi connectivity index (χ4v) is 5.78. The first-order valence-electron chi connectivity index (χ1n) is 10.4. The van der Waals surface area contributed by atoms with E-state index in [1.165, 1.54) is 10.3 Å². The average molecular weight is 428 g/mol. The summed E-state index contributed by atoms with van der Waals surface area (Å²) in [7, 11) is 0.519. The van der Waals surface area contributed by atoms with Crippen LogP contribution in [0.4, 0.5) is 5.82 Å². The molecule has 0 aliphatic heterocycles. The molecule has 1 fully saturated rings. The van der Waals surface area contributed by atoms with Gasteiger partial charge >= 0.3 is 0 Å². The molecule has 4 rings (SSSR count). The van der Waals surface area contributed by atoms with Crippen LogP contribution < -0.4 is 5.32 Å². The Hall–Kier alpha value is -2.45. The molecule has 160 valence electrons. The molecular weight excluding hydrogens is 398 g/mol. The van der Waals surface area contributed by atoms with Gasteiger partial charge < -0.3 is 10.2 Å². The lowest BCUT2D eigenvalue weighted by Crippen LogP contribution is -2.36. The molecule has 0 bridgehead atoms. The maximum atomic E-state index is 13.3. The van der Waals surface area contributed by atoms with Crippen molar-refractivity contribution in [2.45, 2.75) is 56.5 Å². The molecule has 2 heterocycles. The summed E-state index contributed by atoms with van der Waals surface area (Å²) >= 11 is 0. The molecule has 2 aromatic heterocycles. The van der Waals surface area contributed by atoms with Crippen LogP contribution in [0.15, 0.2) is 41.6 Å². The van der Waals surface area contributed by atoms with E-state index in [1.54, 1.807) is 31.2 Å². The summed E-state index contributed by atoms with van der Waals surface area (Å²) in [4.78, 5) is 11.3. The normalized spacial score (nSPS) is 20.0. The largest absolute Gasteiger partial charge is 0.367 e. The number of aryl methyl sites for hydroxylation is 2. The van der Waals surface area contributed by atoms with Crippen LogP contribution in [0.1, 0.15) is 36.9 Å². The van der Waals surface area contributed by atoms with Crippen molar-refractivity contribution in [3.05, 3.63) is 47.9 Å². The Bertz CT molecular complexity index is 1140. The van der Waals surface area contributed by atoms with Crippen LogP contribution >= 0.6 is 0 Å². The van der Waals surface area contributed by atoms with Gasteiger partial charge in [-0.05, 0) is 71.8 Å². The van der Waals surface area contributed by atoms with Crippen molar-refractivity contribution in [2.24, 2.45) is 0 Å². The number of nitrogens with zero attached hydrogens (tertiary/aromatic N) is 4. The highest BCUT2D eigenvalue weighted by molar-refractivity contribution is 7.90. The molecule has 1 N–H and O–H groups in total. The molecule has 8 heteroatoms. The Balaban J connectivity index is 1.67. The van der Waals surface area contributed by atoms with Gasteiger partial charge in [0.2, 0.25) is 0 Å². The number of rotatable bonds is 5. The molecule has 1 aliphatic carbocycles. The maximum Gasteiger partial charge on any atom is 0.269 e. The van der Waals surface area contributed by atoms with E-state index in [9.17, 15) is 8.42 Å². The third-order valence-electron chi connectivity index (χ3n) is 6.06. The molecule has 0 saturated heterocycles. The first kappa shape index (κ1) is 20.8. The summed E-state index contributed by atoms with van der Waals surface area (Å²) < 4.78 is 28.0. The number of hydrogen-bond donors (Lipinski definition) is 1. The highest BCUT2D eigenvalue weighted by Gasteiger charge is 2.26. The third kappa shape index (κ3) is 3.81. The van der Waals surface area contributed by atoms with Crippen LogP contribution in [-0.4, -0.2) is 53.4 Å². The summed E-state index contributed by atoms with van der Waals surface area (Å²) in [6.45, 7) is 3.73. The quantitative estimate of drug-likeness (QED) is 0.671. The van der Waals surface area contributed by atoms with Crippen molar-refractivity contribution < 1.29 is 8.42 Å². The predicted octanol–water partition coefficient (Wildman–Crippen LogP) is 3.57. The monoisotopic (exact) mass is 427 g/mol. The lowest BCUT2D eigenvalue weighted by Gasteiger charge is -2.33. The van der Waals surface area contributed by atoms with Crippen molar-refractivity contribution in [2.75, 3.05) is 19.4 Å². The van der Waals surface area contributed by atoms with Gasteiger partial charge in [0.1, 0.15) is 12.1 Å². The number of fused-ring (bicyclic) bond motifs is 1. The molecule has 0 amide bonds. The van der Waals surface area contributed by atoms with Crippen molar-refractivity contribution in [3.63, 3.8) is 0 Å². The number of benzene rings is 1. The zero-order valence-corrected chi connectivity index (χ0v) is 18.8. The van der Waals surface area contributed by atoms with Crippen LogP contribution in [-0.2, 0) is 10.0 Å². The van der Waals surface area contributed by atoms with E-state index < -0.39 is 10.0 Å². The molecule has 3 aromatic rings. The first-order chi connectivity index (χ1) is 14.3. The van der Waals surface area contributed by atoms with E-state index in [0.29, 0.717) is 29.2 Å². The summed E-state index contributed by atoms with van der Waals surface area (Å²) in [6, 6.07) is 9.70. The molecule has 1 saturated carbocycles. The highest BCUT2D eigenvalue weighted by atomic mass is 32.2. The van der Waals surface area contributed by atoms with Crippen LogP contribution in [0.3, 0.4) is 0 Å². The fourth-order valence-electron chi connectivity index (χ4n) is 4.28. The Morgan fingerprint density at radius 1 is 1.03 bits per heavy atom. The molecule has 1 aromatic carbocycles. The Morgan fingerprint density at radius 2 is 1.70 bits per heavy atom.